The molecule has 2 unspecified atom stereocenters. The summed E-state index contributed by atoms with van der Waals surface area (Å²) in [4.78, 5) is 0. The first-order chi connectivity index (χ1) is 7.65. The van der Waals surface area contributed by atoms with Crippen molar-refractivity contribution < 1.29 is 0 Å². The quantitative estimate of drug-likeness (QED) is 0.748. The van der Waals surface area contributed by atoms with E-state index >= 15 is 0 Å². The van der Waals surface area contributed by atoms with Crippen molar-refractivity contribution in [1.29, 1.82) is 0 Å². The molecule has 0 fully saturated rings. The van der Waals surface area contributed by atoms with Crippen molar-refractivity contribution in [3.8, 4) is 0 Å². The maximum Gasteiger partial charge on any atom is 0.0223 e. The molecule has 1 heterocycles. The highest BCUT2D eigenvalue weighted by Gasteiger charge is 2.06. The van der Waals surface area contributed by atoms with Crippen LogP contribution in [0.5, 0.6) is 0 Å². The van der Waals surface area contributed by atoms with Gasteiger partial charge in [0, 0.05) is 31.5 Å². The lowest BCUT2D eigenvalue weighted by Crippen LogP contribution is -2.27. The first kappa shape index (κ1) is 13.3. The number of hydrogen-bond acceptors (Lipinski definition) is 1. The van der Waals surface area contributed by atoms with Gasteiger partial charge in [-0.25, -0.2) is 0 Å². The maximum atomic E-state index is 3.59. The summed E-state index contributed by atoms with van der Waals surface area (Å²) < 4.78 is 2.22. The van der Waals surface area contributed by atoms with E-state index in [4.69, 9.17) is 0 Å². The Morgan fingerprint density at radius 2 is 2.06 bits per heavy atom. The van der Waals surface area contributed by atoms with Crippen LogP contribution in [0.2, 0.25) is 0 Å². The van der Waals surface area contributed by atoms with Gasteiger partial charge in [0.2, 0.25) is 0 Å². The van der Waals surface area contributed by atoms with Crippen molar-refractivity contribution in [1.82, 2.24) is 9.88 Å². The van der Waals surface area contributed by atoms with Gasteiger partial charge in [-0.15, -0.1) is 0 Å². The van der Waals surface area contributed by atoms with E-state index in [1.54, 1.807) is 0 Å². The number of rotatable bonds is 7. The van der Waals surface area contributed by atoms with E-state index in [-0.39, 0.29) is 0 Å². The molecular formula is C14H26N2. The van der Waals surface area contributed by atoms with Crippen LogP contribution in [-0.4, -0.2) is 10.6 Å². The molecule has 1 N–H and O–H groups in total. The van der Waals surface area contributed by atoms with Crippen LogP contribution in [0, 0.1) is 5.92 Å². The fraction of sp³-hybridized carbons (Fsp3) is 0.714. The molecule has 0 bridgehead atoms. The van der Waals surface area contributed by atoms with Gasteiger partial charge in [-0.3, -0.25) is 0 Å². The van der Waals surface area contributed by atoms with Gasteiger partial charge in [0.15, 0.2) is 0 Å². The van der Waals surface area contributed by atoms with Gasteiger partial charge >= 0.3 is 0 Å². The van der Waals surface area contributed by atoms with E-state index < -0.39 is 0 Å². The average Bonchev–Trinajstić information content (AvgIpc) is 2.74. The van der Waals surface area contributed by atoms with E-state index in [0.29, 0.717) is 6.04 Å². The fourth-order valence-corrected chi connectivity index (χ4v) is 1.94. The van der Waals surface area contributed by atoms with Crippen LogP contribution in [0.25, 0.3) is 0 Å². The Bertz CT molecular complexity index is 291. The standard InChI is InChI=1S/C14H26N2/c1-5-12(3)9-13(4)15-10-14-7-8-16(6-2)11-14/h7-8,11-13,15H,5-6,9-10H2,1-4H3. The lowest BCUT2D eigenvalue weighted by molar-refractivity contribution is 0.412. The second-order valence-electron chi connectivity index (χ2n) is 4.88. The molecule has 0 spiro atoms. The summed E-state index contributed by atoms with van der Waals surface area (Å²) in [5, 5.41) is 3.59. The van der Waals surface area contributed by atoms with E-state index in [1.165, 1.54) is 18.4 Å². The van der Waals surface area contributed by atoms with Crippen LogP contribution in [0.15, 0.2) is 18.5 Å². The average molecular weight is 222 g/mol. The summed E-state index contributed by atoms with van der Waals surface area (Å²) >= 11 is 0. The Balaban J connectivity index is 2.28. The SMILES string of the molecule is CCC(C)CC(C)NCc1ccn(CC)c1. The molecule has 0 saturated carbocycles. The lowest BCUT2D eigenvalue weighted by Gasteiger charge is -2.17. The van der Waals surface area contributed by atoms with E-state index in [9.17, 15) is 0 Å². The molecule has 16 heavy (non-hydrogen) atoms. The number of aryl methyl sites for hydroxylation is 1. The van der Waals surface area contributed by atoms with Crippen LogP contribution in [0.3, 0.4) is 0 Å². The van der Waals surface area contributed by atoms with Gasteiger partial charge in [-0.05, 0) is 37.8 Å². The number of nitrogens with one attached hydrogen (secondary N) is 1. The zero-order valence-electron chi connectivity index (χ0n) is 11.2. The highest BCUT2D eigenvalue weighted by atomic mass is 14.9. The van der Waals surface area contributed by atoms with Crippen molar-refractivity contribution in [3.05, 3.63) is 24.0 Å². The second kappa shape index (κ2) is 6.74. The summed E-state index contributed by atoms with van der Waals surface area (Å²) in [6, 6.07) is 2.81. The van der Waals surface area contributed by atoms with Gasteiger partial charge in [0.1, 0.15) is 0 Å². The Morgan fingerprint density at radius 1 is 1.31 bits per heavy atom. The molecule has 0 saturated heterocycles. The molecule has 1 rings (SSSR count). The normalized spacial score (nSPS) is 15.0. The fourth-order valence-electron chi connectivity index (χ4n) is 1.94. The van der Waals surface area contributed by atoms with Crippen LogP contribution in [0.4, 0.5) is 0 Å². The van der Waals surface area contributed by atoms with Crippen molar-refractivity contribution >= 4 is 0 Å². The van der Waals surface area contributed by atoms with E-state index in [0.717, 1.165) is 19.0 Å². The Hall–Kier alpha value is -0.760. The molecule has 0 radical (unpaired) electrons. The first-order valence-electron chi connectivity index (χ1n) is 6.53. The van der Waals surface area contributed by atoms with Crippen LogP contribution >= 0.6 is 0 Å². The molecule has 0 amide bonds. The molecule has 0 aliphatic carbocycles. The minimum Gasteiger partial charge on any atom is -0.354 e. The zero-order chi connectivity index (χ0) is 12.0. The van der Waals surface area contributed by atoms with Crippen molar-refractivity contribution in [3.63, 3.8) is 0 Å². The van der Waals surface area contributed by atoms with Gasteiger partial charge in [0.25, 0.3) is 0 Å². The summed E-state index contributed by atoms with van der Waals surface area (Å²) in [5.41, 5.74) is 1.39. The first-order valence-corrected chi connectivity index (χ1v) is 6.53. The zero-order valence-corrected chi connectivity index (χ0v) is 11.2. The number of aromatic nitrogens is 1. The third-order valence-electron chi connectivity index (χ3n) is 3.28. The predicted molar refractivity (Wildman–Crippen MR) is 70.5 cm³/mol. The summed E-state index contributed by atoms with van der Waals surface area (Å²) in [6.07, 6.45) is 6.92. The Kier molecular flexibility index (Phi) is 5.61. The highest BCUT2D eigenvalue weighted by Crippen LogP contribution is 2.10. The summed E-state index contributed by atoms with van der Waals surface area (Å²) in [7, 11) is 0. The smallest absolute Gasteiger partial charge is 0.0223 e. The number of nitrogens with zero attached hydrogens (tertiary/aromatic N) is 1. The summed E-state index contributed by atoms with van der Waals surface area (Å²) in [6.45, 7) is 11.1. The van der Waals surface area contributed by atoms with E-state index in [1.807, 2.05) is 0 Å². The molecule has 0 aromatic carbocycles. The van der Waals surface area contributed by atoms with Gasteiger partial charge in [-0.2, -0.15) is 0 Å². The second-order valence-corrected chi connectivity index (χ2v) is 4.88. The van der Waals surface area contributed by atoms with Crippen LogP contribution < -0.4 is 5.32 Å². The third-order valence-corrected chi connectivity index (χ3v) is 3.28. The van der Waals surface area contributed by atoms with Gasteiger partial charge < -0.3 is 9.88 Å². The number of hydrogen-bond donors (Lipinski definition) is 1. The van der Waals surface area contributed by atoms with Crippen LogP contribution in [0.1, 0.15) is 46.1 Å². The molecule has 1 aromatic heterocycles. The molecule has 0 aliphatic rings. The van der Waals surface area contributed by atoms with Crippen molar-refractivity contribution in [2.75, 3.05) is 0 Å². The largest absolute Gasteiger partial charge is 0.354 e. The summed E-state index contributed by atoms with van der Waals surface area (Å²) in [5.74, 6) is 0.822. The van der Waals surface area contributed by atoms with Crippen molar-refractivity contribution in [2.45, 2.75) is 59.7 Å². The molecular weight excluding hydrogens is 196 g/mol. The molecule has 1 aromatic rings. The molecule has 0 aliphatic heterocycles. The predicted octanol–water partition coefficient (Wildman–Crippen LogP) is 3.42. The topological polar surface area (TPSA) is 17.0 Å². The van der Waals surface area contributed by atoms with Crippen molar-refractivity contribution in [2.24, 2.45) is 5.92 Å². The van der Waals surface area contributed by atoms with Crippen LogP contribution in [-0.2, 0) is 13.1 Å². The monoisotopic (exact) mass is 222 g/mol. The highest BCUT2D eigenvalue weighted by molar-refractivity contribution is 5.09. The Labute approximate surface area is 100 Å². The Morgan fingerprint density at radius 3 is 2.62 bits per heavy atom. The molecule has 2 nitrogen and oxygen atoms in total. The minimum atomic E-state index is 0.611. The molecule has 2 atom stereocenters. The molecule has 92 valence electrons. The molecule has 2 heteroatoms. The van der Waals surface area contributed by atoms with E-state index in [2.05, 4.69) is 56.0 Å². The minimum absolute atomic E-state index is 0.611. The van der Waals surface area contributed by atoms with Gasteiger partial charge in [-0.1, -0.05) is 20.3 Å². The van der Waals surface area contributed by atoms with Gasteiger partial charge in [0.05, 0.1) is 0 Å². The maximum absolute atomic E-state index is 3.59. The lowest BCUT2D eigenvalue weighted by atomic mass is 10.0. The third kappa shape index (κ3) is 4.40.